The van der Waals surface area contributed by atoms with Crippen LogP contribution in [0.5, 0.6) is 11.5 Å². The molecule has 14 rings (SSSR count). The molecule has 0 bridgehead atoms. The van der Waals surface area contributed by atoms with Gasteiger partial charge in [-0.2, -0.15) is 0 Å². The van der Waals surface area contributed by atoms with Crippen LogP contribution in [0.15, 0.2) is 219 Å². The number of fused-ring (bicyclic) bond motifs is 10. The fourth-order valence-electron chi connectivity index (χ4n) is 10.5. The van der Waals surface area contributed by atoms with Crippen molar-refractivity contribution in [1.29, 1.82) is 0 Å². The van der Waals surface area contributed by atoms with Crippen molar-refractivity contribution in [1.82, 2.24) is 23.3 Å². The van der Waals surface area contributed by atoms with Crippen LogP contribution in [0.4, 0.5) is 0 Å². The predicted molar refractivity (Wildman–Crippen MR) is 280 cm³/mol. The van der Waals surface area contributed by atoms with Crippen molar-refractivity contribution in [2.45, 2.75) is 13.8 Å². The molecule has 0 aliphatic carbocycles. The zero-order chi connectivity index (χ0) is 48.2. The molecule has 0 amide bonds. The number of hydrogen-bond donors (Lipinski definition) is 0. The first-order valence-electron chi connectivity index (χ1n) is 24.6. The molecule has 7 nitrogen and oxygen atoms in total. The van der Waals surface area contributed by atoms with Crippen molar-refractivity contribution in [3.8, 4) is 40.1 Å². The molecule has 0 aliphatic rings. The smallest absolute Gasteiger partial charge is 0.269 e. The number of rotatable bonds is 7. The highest BCUT2D eigenvalue weighted by Gasteiger charge is 2.20. The molecule has 326 valence electrons. The molecule has 0 fully saturated rings. The van der Waals surface area contributed by atoms with Gasteiger partial charge in [-0.1, -0.05) is 121 Å². The maximum absolute atomic E-state index is 8.23. The molecule has 0 atom stereocenters. The summed E-state index contributed by atoms with van der Waals surface area (Å²) in [4.78, 5) is 4.75. The summed E-state index contributed by atoms with van der Waals surface area (Å²) in [5.41, 5.74) is 13.0. The summed E-state index contributed by atoms with van der Waals surface area (Å²) in [5, 5.41) is 6.83. The second-order valence-corrected chi connectivity index (χ2v) is 17.7. The number of para-hydroxylation sites is 7. The Morgan fingerprint density at radius 3 is 1.52 bits per heavy atom. The fourth-order valence-corrected chi connectivity index (χ4v) is 10.5. The van der Waals surface area contributed by atoms with Gasteiger partial charge < -0.3 is 13.9 Å². The van der Waals surface area contributed by atoms with E-state index in [1.807, 2.05) is 53.1 Å². The van der Waals surface area contributed by atoms with Gasteiger partial charge in [-0.3, -0.25) is 13.7 Å². The lowest BCUT2D eigenvalue weighted by Crippen LogP contribution is -2.30. The van der Waals surface area contributed by atoms with Crippen LogP contribution in [0.1, 0.15) is 15.2 Å². The van der Waals surface area contributed by atoms with Gasteiger partial charge in [-0.25, -0.2) is 4.98 Å². The molecule has 69 heavy (non-hydrogen) atoms. The Balaban J connectivity index is 0.919. The van der Waals surface area contributed by atoms with Crippen LogP contribution < -0.4 is 9.30 Å². The van der Waals surface area contributed by atoms with Gasteiger partial charge in [-0.15, -0.1) is 0 Å². The number of pyridine rings is 1. The molecular formula is C62H42N6O. The number of nitrogens with zero attached hydrogens (tertiary/aromatic N) is 6. The maximum atomic E-state index is 8.23. The van der Waals surface area contributed by atoms with Crippen LogP contribution in [0.3, 0.4) is 0 Å². The minimum Gasteiger partial charge on any atom is -0.458 e. The third kappa shape index (κ3) is 6.07. The van der Waals surface area contributed by atoms with Crippen LogP contribution in [-0.4, -0.2) is 23.3 Å². The van der Waals surface area contributed by atoms with Gasteiger partial charge in [0.15, 0.2) is 0 Å². The number of aryl methyl sites for hydroxylation is 2. The summed E-state index contributed by atoms with van der Waals surface area (Å²) in [7, 11) is 0. The highest BCUT2D eigenvalue weighted by atomic mass is 16.5. The Hall–Kier alpha value is -9.20. The van der Waals surface area contributed by atoms with E-state index in [-0.39, 0.29) is 5.56 Å². The Morgan fingerprint density at radius 2 is 0.942 bits per heavy atom. The maximum Gasteiger partial charge on any atom is 0.269 e. The molecule has 0 saturated heterocycles. The van der Waals surface area contributed by atoms with E-state index in [1.54, 1.807) is 19.2 Å². The van der Waals surface area contributed by atoms with Gasteiger partial charge in [0.05, 0.1) is 55.5 Å². The molecule has 5 heterocycles. The van der Waals surface area contributed by atoms with Gasteiger partial charge in [0.2, 0.25) is 0 Å². The van der Waals surface area contributed by atoms with Crippen LogP contribution in [0, 0.1) is 20.1 Å². The summed E-state index contributed by atoms with van der Waals surface area (Å²) in [6.07, 6.45) is 5.44. The quantitative estimate of drug-likeness (QED) is 0.118. The Labute approximate surface area is 401 Å². The van der Waals surface area contributed by atoms with Crippen LogP contribution in [0.25, 0.3) is 105 Å². The highest BCUT2D eigenvalue weighted by molar-refractivity contribution is 6.11. The van der Waals surface area contributed by atoms with Gasteiger partial charge >= 0.3 is 0 Å². The molecule has 0 saturated carbocycles. The van der Waals surface area contributed by atoms with E-state index in [0.717, 1.165) is 77.7 Å². The van der Waals surface area contributed by atoms with Crippen molar-refractivity contribution >= 4 is 76.5 Å². The lowest BCUT2D eigenvalue weighted by molar-refractivity contribution is -0.572. The first-order valence-corrected chi connectivity index (χ1v) is 23.1. The van der Waals surface area contributed by atoms with Gasteiger partial charge in [-0.05, 0) is 110 Å². The van der Waals surface area contributed by atoms with Gasteiger partial charge in [0, 0.05) is 60.1 Å². The topological polar surface area (TPSA) is 45.7 Å². The normalized spacial score (nSPS) is 12.7. The Morgan fingerprint density at radius 1 is 0.435 bits per heavy atom. The average molecular weight is 890 g/mol. The van der Waals surface area contributed by atoms with E-state index in [4.69, 9.17) is 13.8 Å². The molecule has 7 heteroatoms. The highest BCUT2D eigenvalue weighted by Crippen LogP contribution is 2.38. The molecule has 0 radical (unpaired) electrons. The number of ether oxygens (including phenoxy) is 1. The number of imidazole rings is 1. The third-order valence-corrected chi connectivity index (χ3v) is 13.7. The molecule has 0 unspecified atom stereocenters. The zero-order valence-electron chi connectivity index (χ0n) is 40.4. The molecule has 0 spiro atoms. The number of aromatic nitrogens is 6. The van der Waals surface area contributed by atoms with Crippen molar-refractivity contribution in [3.05, 3.63) is 236 Å². The van der Waals surface area contributed by atoms with E-state index in [9.17, 15) is 0 Å². The van der Waals surface area contributed by atoms with Crippen molar-refractivity contribution in [2.75, 3.05) is 0 Å². The van der Waals surface area contributed by atoms with Crippen molar-refractivity contribution in [2.24, 2.45) is 0 Å². The Kier molecular flexibility index (Phi) is 7.91. The van der Waals surface area contributed by atoms with E-state index >= 15 is 0 Å². The van der Waals surface area contributed by atoms with Gasteiger partial charge in [0.25, 0.3) is 6.33 Å². The number of hydrogen-bond acceptors (Lipinski definition) is 2. The van der Waals surface area contributed by atoms with E-state index in [0.29, 0.717) is 22.9 Å². The van der Waals surface area contributed by atoms with E-state index < -0.39 is 6.85 Å². The fraction of sp³-hybridized carbons (Fsp3) is 0.0323. The standard InChI is InChI=1S/C62H42N6O/c1-40-32-62(63-38-41(40)2)68-58-27-12-7-22-52(58)53-31-30-47(37-61(53)68)69-46-17-15-16-42(36-46)64-39-65(60-29-14-13-28-59(60)64)43-33-44(66-54-23-8-3-18-48(54)49-19-4-9-24-55(49)66)35-45(34-43)67-56-25-10-5-20-50(56)51-21-6-11-26-57(51)67/h3-38H,1-2H3/i1D3. The van der Waals surface area contributed by atoms with Crippen LogP contribution in [-0.2, 0) is 0 Å². The third-order valence-electron chi connectivity index (χ3n) is 13.7. The molecule has 14 aromatic rings. The average Bonchev–Trinajstić information content (AvgIpc) is 4.15. The lowest BCUT2D eigenvalue weighted by Gasteiger charge is -2.16. The first kappa shape index (κ1) is 36.0. The summed E-state index contributed by atoms with van der Waals surface area (Å²) in [5.74, 6) is 1.80. The molecule has 0 aliphatic heterocycles. The van der Waals surface area contributed by atoms with E-state index in [2.05, 4.69) is 182 Å². The minimum absolute atomic E-state index is 0.276. The van der Waals surface area contributed by atoms with E-state index in [1.165, 1.54) is 21.5 Å². The van der Waals surface area contributed by atoms with Crippen LogP contribution >= 0.6 is 0 Å². The summed E-state index contributed by atoms with van der Waals surface area (Å²) >= 11 is 0. The molecule has 9 aromatic carbocycles. The zero-order valence-corrected chi connectivity index (χ0v) is 37.4. The summed E-state index contributed by atoms with van der Waals surface area (Å²) in [6.45, 7) is -0.497. The SMILES string of the molecule is [2H]C([2H])([2H])c1cc(-n2c3ccccc3c3ccc(Oc4cccc(-n5[c-][n+](-c6cc(-n7c8ccccc8c8ccccc87)cc(-n7c8ccccc8c8ccccc87)c6)c6ccccc65)c4)cc32)ncc1C. The number of benzene rings is 9. The Bertz CT molecular complexity index is 4280. The summed E-state index contributed by atoms with van der Waals surface area (Å²) in [6, 6.07) is 73.7. The minimum atomic E-state index is -2.28. The molecule has 5 aromatic heterocycles. The monoisotopic (exact) mass is 889 g/mol. The van der Waals surface area contributed by atoms with Crippen molar-refractivity contribution < 1.29 is 13.4 Å². The predicted octanol–water partition coefficient (Wildman–Crippen LogP) is 14.8. The second kappa shape index (κ2) is 15.2. The van der Waals surface area contributed by atoms with Crippen molar-refractivity contribution in [3.63, 3.8) is 0 Å². The summed E-state index contributed by atoms with van der Waals surface area (Å²) < 4.78 is 42.5. The lowest BCUT2D eigenvalue weighted by atomic mass is 10.1. The van der Waals surface area contributed by atoms with Crippen LogP contribution in [0.2, 0.25) is 0 Å². The molecular weight excluding hydrogens is 845 g/mol. The molecule has 0 N–H and O–H groups in total. The first-order chi connectivity index (χ1) is 35.2. The van der Waals surface area contributed by atoms with Gasteiger partial charge in [0.1, 0.15) is 17.3 Å². The largest absolute Gasteiger partial charge is 0.458 e. The second-order valence-electron chi connectivity index (χ2n) is 17.7.